The molecule has 116 valence electrons. The fourth-order valence-corrected chi connectivity index (χ4v) is 3.40. The maximum absolute atomic E-state index is 5.57. The number of rotatable bonds is 6. The Morgan fingerprint density at radius 2 is 2.10 bits per heavy atom. The van der Waals surface area contributed by atoms with Crippen molar-refractivity contribution in [3.05, 3.63) is 29.3 Å². The third kappa shape index (κ3) is 3.98. The van der Waals surface area contributed by atoms with Crippen LogP contribution in [0.3, 0.4) is 0 Å². The van der Waals surface area contributed by atoms with Crippen LogP contribution in [-0.2, 0) is 6.42 Å². The Hall–Kier alpha value is -1.06. The van der Waals surface area contributed by atoms with E-state index in [1.807, 2.05) is 0 Å². The zero-order valence-corrected chi connectivity index (χ0v) is 13.2. The predicted molar refractivity (Wildman–Crippen MR) is 87.0 cm³/mol. The standard InChI is InChI=1S/C18H28N2O/c1-15(16-6-7-18-17(14-16)8-13-21-18)19-9-5-12-20-10-3-2-4-11-20/h6-7,14-15,19H,2-5,8-13H2,1H3. The summed E-state index contributed by atoms with van der Waals surface area (Å²) in [4.78, 5) is 2.61. The number of nitrogens with zero attached hydrogens (tertiary/aromatic N) is 1. The molecule has 0 bridgehead atoms. The monoisotopic (exact) mass is 288 g/mol. The lowest BCUT2D eigenvalue weighted by Gasteiger charge is -2.26. The molecular weight excluding hydrogens is 260 g/mol. The molecule has 0 saturated carbocycles. The number of likely N-dealkylation sites (tertiary alicyclic amines) is 1. The molecule has 1 atom stereocenters. The lowest BCUT2D eigenvalue weighted by atomic mass is 10.0. The summed E-state index contributed by atoms with van der Waals surface area (Å²) in [6.07, 6.45) is 6.51. The van der Waals surface area contributed by atoms with Gasteiger partial charge in [0, 0.05) is 12.5 Å². The molecule has 2 heterocycles. The average Bonchev–Trinajstić information content (AvgIpc) is 3.00. The Kier molecular flexibility index (Phi) is 5.15. The molecule has 3 nitrogen and oxygen atoms in total. The molecule has 2 aliphatic heterocycles. The van der Waals surface area contributed by atoms with Crippen LogP contribution in [0, 0.1) is 0 Å². The second kappa shape index (κ2) is 7.28. The average molecular weight is 288 g/mol. The predicted octanol–water partition coefficient (Wildman–Crippen LogP) is 3.15. The highest BCUT2D eigenvalue weighted by molar-refractivity contribution is 5.40. The van der Waals surface area contributed by atoms with Crippen molar-refractivity contribution in [3.63, 3.8) is 0 Å². The molecule has 2 aliphatic rings. The Balaban J connectivity index is 1.40. The van der Waals surface area contributed by atoms with E-state index < -0.39 is 0 Å². The molecule has 1 aromatic rings. The summed E-state index contributed by atoms with van der Waals surface area (Å²) < 4.78 is 5.57. The van der Waals surface area contributed by atoms with Crippen LogP contribution in [0.2, 0.25) is 0 Å². The van der Waals surface area contributed by atoms with Crippen LogP contribution in [0.25, 0.3) is 0 Å². The van der Waals surface area contributed by atoms with E-state index in [1.54, 1.807) is 0 Å². The Morgan fingerprint density at radius 1 is 1.24 bits per heavy atom. The van der Waals surface area contributed by atoms with Gasteiger partial charge in [0.25, 0.3) is 0 Å². The van der Waals surface area contributed by atoms with Crippen LogP contribution in [-0.4, -0.2) is 37.7 Å². The molecule has 0 aliphatic carbocycles. The van der Waals surface area contributed by atoms with Gasteiger partial charge in [-0.1, -0.05) is 18.6 Å². The highest BCUT2D eigenvalue weighted by Crippen LogP contribution is 2.28. The van der Waals surface area contributed by atoms with Gasteiger partial charge in [0.1, 0.15) is 5.75 Å². The number of benzene rings is 1. The number of nitrogens with one attached hydrogen (secondary N) is 1. The Bertz CT molecular complexity index is 455. The number of hydrogen-bond donors (Lipinski definition) is 1. The summed E-state index contributed by atoms with van der Waals surface area (Å²) in [7, 11) is 0. The van der Waals surface area contributed by atoms with Crippen LogP contribution >= 0.6 is 0 Å². The number of ether oxygens (including phenoxy) is 1. The van der Waals surface area contributed by atoms with E-state index in [9.17, 15) is 0 Å². The highest BCUT2D eigenvalue weighted by atomic mass is 16.5. The van der Waals surface area contributed by atoms with Gasteiger partial charge in [-0.3, -0.25) is 0 Å². The highest BCUT2D eigenvalue weighted by Gasteiger charge is 2.14. The Labute approximate surface area is 128 Å². The van der Waals surface area contributed by atoms with E-state index in [2.05, 4.69) is 35.3 Å². The van der Waals surface area contributed by atoms with Gasteiger partial charge in [-0.05, 0) is 69.6 Å². The van der Waals surface area contributed by atoms with Gasteiger partial charge in [0.05, 0.1) is 6.61 Å². The summed E-state index contributed by atoms with van der Waals surface area (Å²) >= 11 is 0. The number of piperidine rings is 1. The molecule has 21 heavy (non-hydrogen) atoms. The van der Waals surface area contributed by atoms with Crippen LogP contribution in [0.5, 0.6) is 5.75 Å². The molecule has 3 rings (SSSR count). The smallest absolute Gasteiger partial charge is 0.122 e. The van der Waals surface area contributed by atoms with Gasteiger partial charge in [-0.2, -0.15) is 0 Å². The lowest BCUT2D eigenvalue weighted by Crippen LogP contribution is -2.32. The topological polar surface area (TPSA) is 24.5 Å². The SMILES string of the molecule is CC(NCCCN1CCCCC1)c1ccc2c(c1)CCO2. The summed E-state index contributed by atoms with van der Waals surface area (Å²) in [5.41, 5.74) is 2.76. The number of fused-ring (bicyclic) bond motifs is 1. The fourth-order valence-electron chi connectivity index (χ4n) is 3.40. The van der Waals surface area contributed by atoms with Gasteiger partial charge in [0.15, 0.2) is 0 Å². The van der Waals surface area contributed by atoms with Crippen molar-refractivity contribution >= 4 is 0 Å². The van der Waals surface area contributed by atoms with Crippen molar-refractivity contribution in [1.82, 2.24) is 10.2 Å². The minimum Gasteiger partial charge on any atom is -0.493 e. The molecule has 1 unspecified atom stereocenters. The molecule has 1 saturated heterocycles. The second-order valence-corrected chi connectivity index (χ2v) is 6.40. The minimum absolute atomic E-state index is 0.428. The van der Waals surface area contributed by atoms with Crippen LogP contribution in [0.4, 0.5) is 0 Å². The van der Waals surface area contributed by atoms with Crippen molar-refractivity contribution in [3.8, 4) is 5.75 Å². The fraction of sp³-hybridized carbons (Fsp3) is 0.667. The molecule has 0 aromatic heterocycles. The first-order valence-electron chi connectivity index (χ1n) is 8.54. The third-order valence-electron chi connectivity index (χ3n) is 4.76. The second-order valence-electron chi connectivity index (χ2n) is 6.40. The minimum atomic E-state index is 0.428. The molecule has 3 heteroatoms. The van der Waals surface area contributed by atoms with E-state index in [4.69, 9.17) is 4.74 Å². The molecule has 0 amide bonds. The van der Waals surface area contributed by atoms with E-state index in [0.29, 0.717) is 6.04 Å². The quantitative estimate of drug-likeness (QED) is 0.814. The van der Waals surface area contributed by atoms with Crippen molar-refractivity contribution in [2.24, 2.45) is 0 Å². The van der Waals surface area contributed by atoms with E-state index in [1.165, 1.54) is 56.4 Å². The number of hydrogen-bond acceptors (Lipinski definition) is 3. The van der Waals surface area contributed by atoms with Crippen LogP contribution in [0.15, 0.2) is 18.2 Å². The van der Waals surface area contributed by atoms with Gasteiger partial charge < -0.3 is 15.0 Å². The molecular formula is C18H28N2O. The zero-order chi connectivity index (χ0) is 14.5. The molecule has 0 radical (unpaired) electrons. The zero-order valence-electron chi connectivity index (χ0n) is 13.2. The van der Waals surface area contributed by atoms with Gasteiger partial charge in [-0.25, -0.2) is 0 Å². The summed E-state index contributed by atoms with van der Waals surface area (Å²) in [5, 5.41) is 3.66. The molecule has 1 fully saturated rings. The van der Waals surface area contributed by atoms with Gasteiger partial charge >= 0.3 is 0 Å². The first kappa shape index (κ1) is 14.9. The molecule has 1 aromatic carbocycles. The first-order chi connectivity index (χ1) is 10.3. The van der Waals surface area contributed by atoms with E-state index in [0.717, 1.165) is 25.3 Å². The summed E-state index contributed by atoms with van der Waals surface area (Å²) in [6.45, 7) is 8.07. The normalized spacial score (nSPS) is 20.0. The maximum Gasteiger partial charge on any atom is 0.122 e. The lowest BCUT2D eigenvalue weighted by molar-refractivity contribution is 0.225. The molecule has 1 N–H and O–H groups in total. The summed E-state index contributed by atoms with van der Waals surface area (Å²) in [6, 6.07) is 7.07. The van der Waals surface area contributed by atoms with Gasteiger partial charge in [-0.15, -0.1) is 0 Å². The van der Waals surface area contributed by atoms with Crippen molar-refractivity contribution < 1.29 is 4.74 Å². The van der Waals surface area contributed by atoms with Gasteiger partial charge in [0.2, 0.25) is 0 Å². The van der Waals surface area contributed by atoms with E-state index in [-0.39, 0.29) is 0 Å². The van der Waals surface area contributed by atoms with Crippen molar-refractivity contribution in [1.29, 1.82) is 0 Å². The molecule has 0 spiro atoms. The van der Waals surface area contributed by atoms with Crippen molar-refractivity contribution in [2.45, 2.75) is 45.1 Å². The maximum atomic E-state index is 5.57. The first-order valence-corrected chi connectivity index (χ1v) is 8.54. The van der Waals surface area contributed by atoms with E-state index >= 15 is 0 Å². The van der Waals surface area contributed by atoms with Crippen LogP contribution in [0.1, 0.15) is 49.8 Å². The van der Waals surface area contributed by atoms with Crippen molar-refractivity contribution in [2.75, 3.05) is 32.8 Å². The third-order valence-corrected chi connectivity index (χ3v) is 4.76. The van der Waals surface area contributed by atoms with Crippen LogP contribution < -0.4 is 10.1 Å². The summed E-state index contributed by atoms with van der Waals surface area (Å²) in [5.74, 6) is 1.08. The Morgan fingerprint density at radius 3 is 2.95 bits per heavy atom. The largest absolute Gasteiger partial charge is 0.493 e.